The Morgan fingerprint density at radius 1 is 1.09 bits per heavy atom. The van der Waals surface area contributed by atoms with Crippen LogP contribution in [0.1, 0.15) is 52.7 Å². The van der Waals surface area contributed by atoms with E-state index in [4.69, 9.17) is 14.6 Å². The Bertz CT molecular complexity index is 1190. The minimum absolute atomic E-state index is 0.0445. The lowest BCUT2D eigenvalue weighted by Crippen LogP contribution is -2.07. The van der Waals surface area contributed by atoms with Crippen molar-refractivity contribution in [1.82, 2.24) is 0 Å². The number of ether oxygens (including phenoxy) is 2. The molecule has 0 bridgehead atoms. The maximum Gasteiger partial charge on any atom is 0.304 e. The van der Waals surface area contributed by atoms with E-state index < -0.39 is 5.97 Å². The van der Waals surface area contributed by atoms with Gasteiger partial charge in [-0.25, -0.2) is 0 Å². The first-order valence-corrected chi connectivity index (χ1v) is 11.0. The second-order valence-electron chi connectivity index (χ2n) is 8.78. The summed E-state index contributed by atoms with van der Waals surface area (Å²) in [5, 5.41) is 19.0. The number of hydrogen-bond donors (Lipinski definition) is 2. The van der Waals surface area contributed by atoms with Crippen molar-refractivity contribution < 1.29 is 24.5 Å². The van der Waals surface area contributed by atoms with Gasteiger partial charge in [0.25, 0.3) is 0 Å². The lowest BCUT2D eigenvalue weighted by molar-refractivity contribution is -0.137. The zero-order valence-electron chi connectivity index (χ0n) is 18.2. The van der Waals surface area contributed by atoms with Crippen LogP contribution in [0.2, 0.25) is 0 Å². The molecule has 2 N–H and O–H groups in total. The highest BCUT2D eigenvalue weighted by Gasteiger charge is 2.30. The van der Waals surface area contributed by atoms with E-state index in [1.807, 2.05) is 44.2 Å². The van der Waals surface area contributed by atoms with Crippen molar-refractivity contribution in [3.05, 3.63) is 76.3 Å². The summed E-state index contributed by atoms with van der Waals surface area (Å²) in [5.41, 5.74) is 7.94. The molecule has 0 radical (unpaired) electrons. The second-order valence-corrected chi connectivity index (χ2v) is 8.78. The van der Waals surface area contributed by atoms with Gasteiger partial charge in [0, 0.05) is 17.5 Å². The largest absolute Gasteiger partial charge is 0.508 e. The number of fused-ring (bicyclic) bond motifs is 2. The van der Waals surface area contributed by atoms with Crippen LogP contribution in [-0.4, -0.2) is 22.8 Å². The van der Waals surface area contributed by atoms with Crippen LogP contribution < -0.4 is 9.47 Å². The van der Waals surface area contributed by atoms with Crippen LogP contribution in [0.3, 0.4) is 0 Å². The Labute approximate surface area is 187 Å². The van der Waals surface area contributed by atoms with Crippen molar-refractivity contribution in [3.63, 3.8) is 0 Å². The Morgan fingerprint density at radius 2 is 1.88 bits per heavy atom. The topological polar surface area (TPSA) is 76.0 Å². The van der Waals surface area contributed by atoms with E-state index in [9.17, 15) is 9.90 Å². The first kappa shape index (κ1) is 20.4. The summed E-state index contributed by atoms with van der Waals surface area (Å²) in [4.78, 5) is 11.1. The average molecular weight is 431 g/mol. The number of carbonyl (C=O) groups is 1. The summed E-state index contributed by atoms with van der Waals surface area (Å²) in [6.45, 7) is 4.46. The number of rotatable bonds is 5. The number of carboxylic acids is 1. The van der Waals surface area contributed by atoms with Crippen molar-refractivity contribution >= 4 is 5.97 Å². The predicted octanol–water partition coefficient (Wildman–Crippen LogP) is 5.69. The number of carboxylic acid groups (broad SMARTS) is 1. The number of benzene rings is 3. The Morgan fingerprint density at radius 3 is 2.62 bits per heavy atom. The van der Waals surface area contributed by atoms with E-state index in [1.54, 1.807) is 0 Å². The molecule has 3 aromatic carbocycles. The lowest BCUT2D eigenvalue weighted by Gasteiger charge is -2.18. The third-order valence-electron chi connectivity index (χ3n) is 6.57. The molecule has 0 unspecified atom stereocenters. The van der Waals surface area contributed by atoms with Crippen LogP contribution >= 0.6 is 0 Å². The van der Waals surface area contributed by atoms with Crippen molar-refractivity contribution in [2.75, 3.05) is 6.61 Å². The van der Waals surface area contributed by atoms with Crippen LogP contribution in [-0.2, 0) is 11.2 Å². The van der Waals surface area contributed by atoms with Crippen LogP contribution in [0.5, 0.6) is 17.2 Å². The van der Waals surface area contributed by atoms with Gasteiger partial charge in [-0.1, -0.05) is 24.3 Å². The van der Waals surface area contributed by atoms with E-state index in [0.29, 0.717) is 12.4 Å². The third-order valence-corrected chi connectivity index (χ3v) is 6.57. The van der Waals surface area contributed by atoms with E-state index in [2.05, 4.69) is 18.2 Å². The van der Waals surface area contributed by atoms with Crippen molar-refractivity contribution in [2.24, 2.45) is 0 Å². The molecule has 5 nitrogen and oxygen atoms in total. The van der Waals surface area contributed by atoms with Gasteiger partial charge in [-0.3, -0.25) is 4.79 Å². The molecule has 5 heteroatoms. The van der Waals surface area contributed by atoms with Crippen LogP contribution in [0, 0.1) is 13.8 Å². The van der Waals surface area contributed by atoms with Gasteiger partial charge in [0.15, 0.2) is 0 Å². The quantitative estimate of drug-likeness (QED) is 0.544. The van der Waals surface area contributed by atoms with E-state index >= 15 is 0 Å². The smallest absolute Gasteiger partial charge is 0.304 e. The Hall–Kier alpha value is -3.47. The first-order valence-electron chi connectivity index (χ1n) is 11.0. The summed E-state index contributed by atoms with van der Waals surface area (Å²) in [6, 6.07) is 15.7. The minimum Gasteiger partial charge on any atom is -0.508 e. The fourth-order valence-electron chi connectivity index (χ4n) is 5.21. The van der Waals surface area contributed by atoms with Gasteiger partial charge in [-0.2, -0.15) is 0 Å². The average Bonchev–Trinajstić information content (AvgIpc) is 3.32. The summed E-state index contributed by atoms with van der Waals surface area (Å²) in [7, 11) is 0. The SMILES string of the molecule is Cc1cc(O)cc(C)c1-c1cccc2c1CC[C@H]2Oc1ccc2c(c1)OC[C@H]2CC(=O)O. The molecular weight excluding hydrogens is 404 g/mol. The number of hydrogen-bond acceptors (Lipinski definition) is 4. The third kappa shape index (κ3) is 3.58. The monoisotopic (exact) mass is 430 g/mol. The fourth-order valence-corrected chi connectivity index (χ4v) is 5.21. The molecular formula is C27H26O5. The van der Waals surface area contributed by atoms with Gasteiger partial charge in [0.2, 0.25) is 0 Å². The molecule has 1 aliphatic carbocycles. The number of aliphatic carboxylic acids is 1. The van der Waals surface area contributed by atoms with Gasteiger partial charge in [0.1, 0.15) is 23.4 Å². The number of aryl methyl sites for hydroxylation is 2. The van der Waals surface area contributed by atoms with Gasteiger partial charge >= 0.3 is 5.97 Å². The molecule has 1 aliphatic heterocycles. The van der Waals surface area contributed by atoms with Gasteiger partial charge in [-0.05, 0) is 78.3 Å². The molecule has 5 rings (SSSR count). The maximum atomic E-state index is 11.1. The van der Waals surface area contributed by atoms with Crippen molar-refractivity contribution in [2.45, 2.75) is 45.1 Å². The van der Waals surface area contributed by atoms with E-state index in [1.165, 1.54) is 22.3 Å². The molecule has 2 aliphatic rings. The standard InChI is InChI=1S/C27H26O5/c1-15-10-18(28)11-16(2)27(15)23-5-3-4-22-21(23)8-9-24(22)32-19-6-7-20-17(12-26(29)30)14-31-25(20)13-19/h3-7,10-11,13,17,24,28H,8-9,12,14H2,1-2H3,(H,29,30)/t17-,24-/m1/s1. The zero-order valence-corrected chi connectivity index (χ0v) is 18.2. The highest BCUT2D eigenvalue weighted by molar-refractivity contribution is 5.76. The molecule has 0 saturated carbocycles. The summed E-state index contributed by atoms with van der Waals surface area (Å²) in [6.07, 6.45) is 1.85. The summed E-state index contributed by atoms with van der Waals surface area (Å²) >= 11 is 0. The molecule has 1 heterocycles. The van der Waals surface area contributed by atoms with Gasteiger partial charge in [0.05, 0.1) is 13.0 Å². The molecule has 0 spiro atoms. The normalized spacial score (nSPS) is 18.7. The second kappa shape index (κ2) is 7.90. The molecule has 164 valence electrons. The maximum absolute atomic E-state index is 11.1. The Kier molecular flexibility index (Phi) is 5.04. The van der Waals surface area contributed by atoms with Crippen LogP contribution in [0.25, 0.3) is 11.1 Å². The van der Waals surface area contributed by atoms with Crippen LogP contribution in [0.4, 0.5) is 0 Å². The van der Waals surface area contributed by atoms with Crippen LogP contribution in [0.15, 0.2) is 48.5 Å². The molecule has 0 saturated heterocycles. The molecule has 32 heavy (non-hydrogen) atoms. The first-order chi connectivity index (χ1) is 15.4. The summed E-state index contributed by atoms with van der Waals surface area (Å²) in [5.74, 6) is 0.824. The number of phenols is 1. The van der Waals surface area contributed by atoms with E-state index in [-0.39, 0.29) is 18.4 Å². The summed E-state index contributed by atoms with van der Waals surface area (Å²) < 4.78 is 12.1. The van der Waals surface area contributed by atoms with E-state index in [0.717, 1.165) is 41.0 Å². The molecule has 3 aromatic rings. The molecule has 0 fully saturated rings. The lowest BCUT2D eigenvalue weighted by atomic mass is 9.90. The number of phenolic OH excluding ortho intramolecular Hbond substituents is 1. The van der Waals surface area contributed by atoms with Gasteiger partial charge < -0.3 is 19.7 Å². The molecule has 2 atom stereocenters. The minimum atomic E-state index is -0.816. The Balaban J connectivity index is 1.42. The number of aromatic hydroxyl groups is 1. The predicted molar refractivity (Wildman–Crippen MR) is 122 cm³/mol. The zero-order chi connectivity index (χ0) is 22.4. The molecule has 0 aromatic heterocycles. The molecule has 0 amide bonds. The highest BCUT2D eigenvalue weighted by Crippen LogP contribution is 2.44. The van der Waals surface area contributed by atoms with Gasteiger partial charge in [-0.15, -0.1) is 0 Å². The van der Waals surface area contributed by atoms with Crippen molar-refractivity contribution in [3.8, 4) is 28.4 Å². The highest BCUT2D eigenvalue weighted by atomic mass is 16.5. The fraction of sp³-hybridized carbons (Fsp3) is 0.296. The van der Waals surface area contributed by atoms with Crippen molar-refractivity contribution in [1.29, 1.82) is 0 Å².